The van der Waals surface area contributed by atoms with Crippen LogP contribution < -0.4 is 16.2 Å². The van der Waals surface area contributed by atoms with E-state index in [1.807, 2.05) is 63.2 Å². The quantitative estimate of drug-likeness (QED) is 0.421. The molecule has 164 valence electrons. The summed E-state index contributed by atoms with van der Waals surface area (Å²) >= 11 is 0. The minimum atomic E-state index is -0.298. The van der Waals surface area contributed by atoms with Crippen LogP contribution in [0.2, 0.25) is 0 Å². The predicted octanol–water partition coefficient (Wildman–Crippen LogP) is 4.40. The van der Waals surface area contributed by atoms with Crippen molar-refractivity contribution in [3.8, 4) is 11.1 Å². The maximum Gasteiger partial charge on any atom is 0.262 e. The second-order valence-electron chi connectivity index (χ2n) is 8.65. The molecule has 4 rings (SSSR count). The maximum absolute atomic E-state index is 13.0. The molecule has 0 amide bonds. The Kier molecular flexibility index (Phi) is 5.92. The standard InChI is InChI=1S/C25H27N5O2/c1-25(2,3)29-23-22-19(10-12-30(13-14-31)24(22)32)16-21(28-23)27-20-15-18(9-11-26-20)17-7-5-4-6-8-17/h4-12,15-16,31H,13-14H2,1-3H3,(H2,26,27,28,29). The lowest BCUT2D eigenvalue weighted by Crippen LogP contribution is -2.29. The SMILES string of the molecule is CC(C)(C)Nc1nc(Nc2cc(-c3ccccc3)ccn2)cc2ccn(CCO)c(=O)c12. The van der Waals surface area contributed by atoms with Crippen molar-refractivity contribution in [1.29, 1.82) is 0 Å². The molecule has 0 saturated heterocycles. The zero-order valence-electron chi connectivity index (χ0n) is 18.5. The number of rotatable bonds is 6. The Morgan fingerprint density at radius 3 is 2.50 bits per heavy atom. The molecule has 0 atom stereocenters. The van der Waals surface area contributed by atoms with E-state index in [4.69, 9.17) is 4.98 Å². The van der Waals surface area contributed by atoms with Gasteiger partial charge in [0.25, 0.3) is 5.56 Å². The van der Waals surface area contributed by atoms with Gasteiger partial charge in [0.05, 0.1) is 12.0 Å². The molecule has 0 saturated carbocycles. The van der Waals surface area contributed by atoms with Crippen LogP contribution >= 0.6 is 0 Å². The topological polar surface area (TPSA) is 92.1 Å². The van der Waals surface area contributed by atoms with Gasteiger partial charge in [0.2, 0.25) is 0 Å². The van der Waals surface area contributed by atoms with Crippen LogP contribution in [0.5, 0.6) is 0 Å². The van der Waals surface area contributed by atoms with Gasteiger partial charge in [-0.05, 0) is 61.5 Å². The highest BCUT2D eigenvalue weighted by Crippen LogP contribution is 2.27. The summed E-state index contributed by atoms with van der Waals surface area (Å²) in [6.07, 6.45) is 3.45. The molecule has 0 aliphatic heterocycles. The summed E-state index contributed by atoms with van der Waals surface area (Å²) in [7, 11) is 0. The molecule has 0 aliphatic rings. The Labute approximate surface area is 186 Å². The van der Waals surface area contributed by atoms with Gasteiger partial charge in [0.1, 0.15) is 17.5 Å². The summed E-state index contributed by atoms with van der Waals surface area (Å²) in [4.78, 5) is 22.2. The second-order valence-corrected chi connectivity index (χ2v) is 8.65. The zero-order valence-corrected chi connectivity index (χ0v) is 18.5. The summed E-state index contributed by atoms with van der Waals surface area (Å²) in [5.41, 5.74) is 1.66. The van der Waals surface area contributed by atoms with Gasteiger partial charge < -0.3 is 20.3 Å². The van der Waals surface area contributed by atoms with Crippen molar-refractivity contribution in [2.75, 3.05) is 17.2 Å². The smallest absolute Gasteiger partial charge is 0.262 e. The van der Waals surface area contributed by atoms with Crippen molar-refractivity contribution in [3.63, 3.8) is 0 Å². The van der Waals surface area contributed by atoms with Gasteiger partial charge in [-0.25, -0.2) is 9.97 Å². The molecule has 7 nitrogen and oxygen atoms in total. The minimum Gasteiger partial charge on any atom is -0.395 e. The Bertz CT molecular complexity index is 1290. The van der Waals surface area contributed by atoms with Crippen molar-refractivity contribution < 1.29 is 5.11 Å². The molecular weight excluding hydrogens is 402 g/mol. The fraction of sp³-hybridized carbons (Fsp3) is 0.240. The third-order valence-corrected chi connectivity index (χ3v) is 4.92. The number of nitrogens with one attached hydrogen (secondary N) is 2. The molecule has 0 spiro atoms. The van der Waals surface area contributed by atoms with E-state index in [0.717, 1.165) is 16.5 Å². The van der Waals surface area contributed by atoms with Crippen LogP contribution in [0.1, 0.15) is 20.8 Å². The number of nitrogens with zero attached hydrogens (tertiary/aromatic N) is 3. The third kappa shape index (κ3) is 4.78. The van der Waals surface area contributed by atoms with Crippen molar-refractivity contribution in [2.24, 2.45) is 0 Å². The molecule has 3 aromatic heterocycles. The van der Waals surface area contributed by atoms with E-state index in [0.29, 0.717) is 22.8 Å². The highest BCUT2D eigenvalue weighted by atomic mass is 16.3. The number of aliphatic hydroxyl groups excluding tert-OH is 1. The van der Waals surface area contributed by atoms with Crippen LogP contribution in [0, 0.1) is 0 Å². The first-order valence-electron chi connectivity index (χ1n) is 10.6. The van der Waals surface area contributed by atoms with Gasteiger partial charge in [-0.1, -0.05) is 30.3 Å². The second kappa shape index (κ2) is 8.80. The highest BCUT2D eigenvalue weighted by Gasteiger charge is 2.17. The molecule has 0 bridgehead atoms. The Hall–Kier alpha value is -3.71. The lowest BCUT2D eigenvalue weighted by atomic mass is 10.1. The van der Waals surface area contributed by atoms with E-state index in [2.05, 4.69) is 27.8 Å². The number of fused-ring (bicyclic) bond motifs is 1. The van der Waals surface area contributed by atoms with E-state index in [1.54, 1.807) is 12.4 Å². The van der Waals surface area contributed by atoms with E-state index in [9.17, 15) is 9.90 Å². The summed E-state index contributed by atoms with van der Waals surface area (Å²) < 4.78 is 1.50. The van der Waals surface area contributed by atoms with E-state index < -0.39 is 0 Å². The molecular formula is C25H27N5O2. The number of aliphatic hydroxyl groups is 1. The van der Waals surface area contributed by atoms with Crippen LogP contribution in [-0.4, -0.2) is 31.8 Å². The van der Waals surface area contributed by atoms with Crippen molar-refractivity contribution >= 4 is 28.2 Å². The van der Waals surface area contributed by atoms with Crippen molar-refractivity contribution in [3.05, 3.63) is 77.3 Å². The van der Waals surface area contributed by atoms with Gasteiger partial charge in [-0.3, -0.25) is 4.79 Å². The van der Waals surface area contributed by atoms with Gasteiger partial charge in [-0.2, -0.15) is 0 Å². The lowest BCUT2D eigenvalue weighted by molar-refractivity contribution is 0.274. The molecule has 1 aromatic carbocycles. The number of hydrogen-bond acceptors (Lipinski definition) is 6. The fourth-order valence-electron chi connectivity index (χ4n) is 3.54. The number of pyridine rings is 3. The minimum absolute atomic E-state index is 0.107. The highest BCUT2D eigenvalue weighted by molar-refractivity contribution is 5.93. The normalized spacial score (nSPS) is 11.5. The zero-order chi connectivity index (χ0) is 22.7. The Morgan fingerprint density at radius 2 is 1.78 bits per heavy atom. The van der Waals surface area contributed by atoms with Gasteiger partial charge in [-0.15, -0.1) is 0 Å². The average Bonchev–Trinajstić information content (AvgIpc) is 2.75. The number of hydrogen-bond donors (Lipinski definition) is 3. The molecule has 0 fully saturated rings. The number of benzene rings is 1. The predicted molar refractivity (Wildman–Crippen MR) is 129 cm³/mol. The van der Waals surface area contributed by atoms with Gasteiger partial charge >= 0.3 is 0 Å². The first kappa shape index (κ1) is 21.5. The lowest BCUT2D eigenvalue weighted by Gasteiger charge is -2.23. The summed E-state index contributed by atoms with van der Waals surface area (Å²) in [6, 6.07) is 17.7. The average molecular weight is 430 g/mol. The van der Waals surface area contributed by atoms with Crippen LogP contribution in [0.25, 0.3) is 21.9 Å². The first-order valence-corrected chi connectivity index (χ1v) is 10.6. The number of aromatic nitrogens is 3. The molecule has 7 heteroatoms. The van der Waals surface area contributed by atoms with E-state index in [1.165, 1.54) is 4.57 Å². The van der Waals surface area contributed by atoms with Crippen LogP contribution in [-0.2, 0) is 6.54 Å². The number of anilines is 3. The first-order chi connectivity index (χ1) is 15.3. The molecule has 0 aliphatic carbocycles. The van der Waals surface area contributed by atoms with E-state index in [-0.39, 0.29) is 24.2 Å². The molecule has 3 heterocycles. The van der Waals surface area contributed by atoms with Crippen LogP contribution in [0.3, 0.4) is 0 Å². The fourth-order valence-corrected chi connectivity index (χ4v) is 3.54. The molecule has 0 radical (unpaired) electrons. The maximum atomic E-state index is 13.0. The molecule has 32 heavy (non-hydrogen) atoms. The third-order valence-electron chi connectivity index (χ3n) is 4.92. The summed E-state index contributed by atoms with van der Waals surface area (Å²) in [6.45, 7) is 6.17. The summed E-state index contributed by atoms with van der Waals surface area (Å²) in [5.74, 6) is 1.74. The van der Waals surface area contributed by atoms with Crippen LogP contribution in [0.15, 0.2) is 71.8 Å². The van der Waals surface area contributed by atoms with E-state index >= 15 is 0 Å². The summed E-state index contributed by atoms with van der Waals surface area (Å²) in [5, 5.41) is 17.2. The molecule has 0 unspecified atom stereocenters. The van der Waals surface area contributed by atoms with Crippen molar-refractivity contribution in [1.82, 2.24) is 14.5 Å². The van der Waals surface area contributed by atoms with Gasteiger partial charge in [0, 0.05) is 24.5 Å². The Balaban J connectivity index is 1.77. The van der Waals surface area contributed by atoms with Crippen LogP contribution in [0.4, 0.5) is 17.5 Å². The van der Waals surface area contributed by atoms with Gasteiger partial charge in [0.15, 0.2) is 0 Å². The molecule has 3 N–H and O–H groups in total. The monoisotopic (exact) mass is 429 g/mol. The van der Waals surface area contributed by atoms with Crippen molar-refractivity contribution in [2.45, 2.75) is 32.9 Å². The largest absolute Gasteiger partial charge is 0.395 e. The Morgan fingerprint density at radius 1 is 1.00 bits per heavy atom. The molecule has 4 aromatic rings.